The molecule has 2 aromatic carbocycles. The number of rotatable bonds is 4. The highest BCUT2D eigenvalue weighted by molar-refractivity contribution is 6.31. The van der Waals surface area contributed by atoms with Gasteiger partial charge in [0.1, 0.15) is 11.5 Å². The van der Waals surface area contributed by atoms with Crippen molar-refractivity contribution in [2.75, 3.05) is 12.4 Å². The number of aromatic hydroxyl groups is 1. The zero-order valence-corrected chi connectivity index (χ0v) is 12.1. The summed E-state index contributed by atoms with van der Waals surface area (Å²) in [7, 11) is 1.60. The SMILES string of the molecule is COc1ccc(CNC(=O)Nc2cc(Cl)ccc2O)cc1. The summed E-state index contributed by atoms with van der Waals surface area (Å²) >= 11 is 5.81. The van der Waals surface area contributed by atoms with Gasteiger partial charge in [0.25, 0.3) is 0 Å². The topological polar surface area (TPSA) is 70.6 Å². The third-order valence-electron chi connectivity index (χ3n) is 2.82. The molecular formula is C15H15ClN2O3. The van der Waals surface area contributed by atoms with Crippen LogP contribution in [0.3, 0.4) is 0 Å². The van der Waals surface area contributed by atoms with E-state index in [0.29, 0.717) is 11.6 Å². The number of nitrogens with one attached hydrogen (secondary N) is 2. The van der Waals surface area contributed by atoms with Gasteiger partial charge < -0.3 is 20.5 Å². The Balaban J connectivity index is 1.91. The maximum Gasteiger partial charge on any atom is 0.319 e. The summed E-state index contributed by atoms with van der Waals surface area (Å²) in [4.78, 5) is 11.8. The average Bonchev–Trinajstić information content (AvgIpc) is 2.49. The predicted octanol–water partition coefficient (Wildman–Crippen LogP) is 3.38. The smallest absolute Gasteiger partial charge is 0.319 e. The maximum atomic E-state index is 11.8. The minimum atomic E-state index is -0.427. The van der Waals surface area contributed by atoms with E-state index in [-0.39, 0.29) is 11.4 Å². The van der Waals surface area contributed by atoms with Crippen molar-refractivity contribution in [3.8, 4) is 11.5 Å². The number of methoxy groups -OCH3 is 1. The van der Waals surface area contributed by atoms with Crippen LogP contribution in [0.25, 0.3) is 0 Å². The molecule has 0 unspecified atom stereocenters. The molecule has 0 saturated heterocycles. The Bertz CT molecular complexity index is 629. The maximum absolute atomic E-state index is 11.8. The van der Waals surface area contributed by atoms with Crippen molar-refractivity contribution in [1.29, 1.82) is 0 Å². The van der Waals surface area contributed by atoms with E-state index >= 15 is 0 Å². The number of halogens is 1. The Morgan fingerprint density at radius 3 is 2.62 bits per heavy atom. The fourth-order valence-electron chi connectivity index (χ4n) is 1.70. The zero-order valence-electron chi connectivity index (χ0n) is 11.4. The monoisotopic (exact) mass is 306 g/mol. The van der Waals surface area contributed by atoms with Crippen LogP contribution in [0.15, 0.2) is 42.5 Å². The van der Waals surface area contributed by atoms with Gasteiger partial charge >= 0.3 is 6.03 Å². The highest BCUT2D eigenvalue weighted by atomic mass is 35.5. The van der Waals surface area contributed by atoms with Gasteiger partial charge in [-0.2, -0.15) is 0 Å². The van der Waals surface area contributed by atoms with Crippen molar-refractivity contribution in [3.63, 3.8) is 0 Å². The van der Waals surface area contributed by atoms with E-state index in [4.69, 9.17) is 16.3 Å². The molecule has 0 aliphatic heterocycles. The van der Waals surface area contributed by atoms with Gasteiger partial charge in [-0.15, -0.1) is 0 Å². The van der Waals surface area contributed by atoms with Gasteiger partial charge in [0.2, 0.25) is 0 Å². The number of hydrogen-bond acceptors (Lipinski definition) is 3. The van der Waals surface area contributed by atoms with E-state index in [1.54, 1.807) is 7.11 Å². The molecule has 0 aliphatic carbocycles. The summed E-state index contributed by atoms with van der Waals surface area (Å²) in [6, 6.07) is 11.4. The zero-order chi connectivity index (χ0) is 15.2. The Morgan fingerprint density at radius 2 is 1.95 bits per heavy atom. The molecular weight excluding hydrogens is 292 g/mol. The molecule has 0 aliphatic rings. The second-order valence-electron chi connectivity index (χ2n) is 4.32. The van der Waals surface area contributed by atoms with Crippen molar-refractivity contribution in [1.82, 2.24) is 5.32 Å². The number of phenolic OH excluding ortho intramolecular Hbond substituents is 1. The van der Waals surface area contributed by atoms with E-state index in [1.807, 2.05) is 24.3 Å². The molecule has 0 saturated carbocycles. The Morgan fingerprint density at radius 1 is 1.24 bits per heavy atom. The first-order valence-corrected chi connectivity index (χ1v) is 6.62. The lowest BCUT2D eigenvalue weighted by Crippen LogP contribution is -2.28. The molecule has 0 atom stereocenters. The number of anilines is 1. The van der Waals surface area contributed by atoms with E-state index in [0.717, 1.165) is 11.3 Å². The van der Waals surface area contributed by atoms with Crippen LogP contribution in [0.4, 0.5) is 10.5 Å². The first-order chi connectivity index (χ1) is 10.1. The van der Waals surface area contributed by atoms with Crippen LogP contribution < -0.4 is 15.4 Å². The molecule has 0 spiro atoms. The first-order valence-electron chi connectivity index (χ1n) is 6.25. The molecule has 110 valence electrons. The van der Waals surface area contributed by atoms with E-state index in [2.05, 4.69) is 10.6 Å². The number of ether oxygens (including phenoxy) is 1. The molecule has 3 N–H and O–H groups in total. The summed E-state index contributed by atoms with van der Waals surface area (Å²) < 4.78 is 5.06. The van der Waals surface area contributed by atoms with Gasteiger partial charge in [-0.1, -0.05) is 23.7 Å². The number of hydrogen-bond donors (Lipinski definition) is 3. The molecule has 2 amide bonds. The number of urea groups is 1. The van der Waals surface area contributed by atoms with Gasteiger partial charge in [0.05, 0.1) is 12.8 Å². The van der Waals surface area contributed by atoms with Crippen molar-refractivity contribution >= 4 is 23.3 Å². The Labute approximate surface area is 127 Å². The molecule has 5 nitrogen and oxygen atoms in total. The lowest BCUT2D eigenvalue weighted by molar-refractivity contribution is 0.251. The van der Waals surface area contributed by atoms with Crippen LogP contribution in [0.1, 0.15) is 5.56 Å². The van der Waals surface area contributed by atoms with Crippen molar-refractivity contribution in [2.45, 2.75) is 6.54 Å². The lowest BCUT2D eigenvalue weighted by Gasteiger charge is -2.09. The number of carbonyl (C=O) groups excluding carboxylic acids is 1. The lowest BCUT2D eigenvalue weighted by atomic mass is 10.2. The second kappa shape index (κ2) is 6.85. The van der Waals surface area contributed by atoms with Crippen molar-refractivity contribution in [3.05, 3.63) is 53.1 Å². The average molecular weight is 307 g/mol. The number of carbonyl (C=O) groups is 1. The first kappa shape index (κ1) is 15.0. The Kier molecular flexibility index (Phi) is 4.90. The van der Waals surface area contributed by atoms with Gasteiger partial charge in [0, 0.05) is 11.6 Å². The fraction of sp³-hybridized carbons (Fsp3) is 0.133. The van der Waals surface area contributed by atoms with Crippen molar-refractivity contribution < 1.29 is 14.6 Å². The van der Waals surface area contributed by atoms with Crippen molar-refractivity contribution in [2.24, 2.45) is 0 Å². The van der Waals surface area contributed by atoms with Crippen LogP contribution in [-0.2, 0) is 6.54 Å². The summed E-state index contributed by atoms with van der Waals surface area (Å²) in [6.07, 6.45) is 0. The largest absolute Gasteiger partial charge is 0.506 e. The van der Waals surface area contributed by atoms with Gasteiger partial charge in [-0.3, -0.25) is 0 Å². The highest BCUT2D eigenvalue weighted by Crippen LogP contribution is 2.26. The minimum absolute atomic E-state index is 0.0426. The quantitative estimate of drug-likeness (QED) is 0.758. The Hall–Kier alpha value is -2.40. The normalized spacial score (nSPS) is 10.0. The molecule has 0 fully saturated rings. The molecule has 2 rings (SSSR count). The molecule has 2 aromatic rings. The second-order valence-corrected chi connectivity index (χ2v) is 4.75. The molecule has 0 radical (unpaired) electrons. The van der Waals surface area contributed by atoms with E-state index < -0.39 is 6.03 Å². The molecule has 21 heavy (non-hydrogen) atoms. The molecule has 6 heteroatoms. The fourth-order valence-corrected chi connectivity index (χ4v) is 1.87. The molecule has 0 bridgehead atoms. The number of phenols is 1. The van der Waals surface area contributed by atoms with Gasteiger partial charge in [-0.25, -0.2) is 4.79 Å². The summed E-state index contributed by atoms with van der Waals surface area (Å²) in [6.45, 7) is 0.358. The van der Waals surface area contributed by atoms with Crippen LogP contribution in [0.2, 0.25) is 5.02 Å². The number of benzene rings is 2. The summed E-state index contributed by atoms with van der Waals surface area (Å²) in [5, 5.41) is 15.3. The van der Waals surface area contributed by atoms with E-state index in [1.165, 1.54) is 18.2 Å². The molecule has 0 heterocycles. The third-order valence-corrected chi connectivity index (χ3v) is 3.05. The predicted molar refractivity (Wildman–Crippen MR) is 82.0 cm³/mol. The minimum Gasteiger partial charge on any atom is -0.506 e. The summed E-state index contributed by atoms with van der Waals surface area (Å²) in [5.41, 5.74) is 1.19. The number of amides is 2. The summed E-state index contributed by atoms with van der Waals surface area (Å²) in [5.74, 6) is 0.714. The molecule has 0 aromatic heterocycles. The highest BCUT2D eigenvalue weighted by Gasteiger charge is 2.06. The van der Waals surface area contributed by atoms with Gasteiger partial charge in [0.15, 0.2) is 0 Å². The standard InChI is InChI=1S/C15H15ClN2O3/c1-21-12-5-2-10(3-6-12)9-17-15(20)18-13-8-11(16)4-7-14(13)19/h2-8,19H,9H2,1H3,(H2,17,18,20). The van der Waals surface area contributed by atoms with Crippen LogP contribution in [-0.4, -0.2) is 18.2 Å². The van der Waals surface area contributed by atoms with Crippen LogP contribution in [0.5, 0.6) is 11.5 Å². The van der Waals surface area contributed by atoms with Crippen LogP contribution >= 0.6 is 11.6 Å². The van der Waals surface area contributed by atoms with Gasteiger partial charge in [-0.05, 0) is 35.9 Å². The van der Waals surface area contributed by atoms with Crippen LogP contribution in [0, 0.1) is 0 Å². The third kappa shape index (κ3) is 4.29. The van der Waals surface area contributed by atoms with E-state index in [9.17, 15) is 9.90 Å².